The van der Waals surface area contributed by atoms with Gasteiger partial charge in [0.25, 0.3) is 0 Å². The van der Waals surface area contributed by atoms with Crippen LogP contribution in [-0.2, 0) is 28.6 Å². The van der Waals surface area contributed by atoms with Crippen LogP contribution in [-0.4, -0.2) is 37.2 Å². The number of rotatable bonds is 60. The standard InChI is InChI=1S/C65H124O6/c1-4-7-10-13-16-19-22-24-26-27-28-29-30-31-32-33-34-35-36-37-38-40-41-43-46-49-52-55-58-64(67)70-61-62(60-69-63(66)57-54-51-48-45-21-18-15-12-9-6-3)71-65(68)59-56-53-50-47-44-42-39-25-23-20-17-14-11-8-5-2/h25,39,62H,4-24,26-38,40-61H2,1-3H3/b39-25-. The Balaban J connectivity index is 4.09. The van der Waals surface area contributed by atoms with E-state index < -0.39 is 6.10 Å². The minimum Gasteiger partial charge on any atom is -0.462 e. The molecular weight excluding hydrogens is 877 g/mol. The Morgan fingerprint density at radius 3 is 0.704 bits per heavy atom. The quantitative estimate of drug-likeness (QED) is 0.0261. The van der Waals surface area contributed by atoms with Crippen LogP contribution >= 0.6 is 0 Å². The van der Waals surface area contributed by atoms with Crippen LogP contribution in [0.2, 0.25) is 0 Å². The van der Waals surface area contributed by atoms with E-state index in [2.05, 4.69) is 32.9 Å². The molecule has 0 rings (SSSR count). The Labute approximate surface area is 443 Å². The molecular formula is C65H124O6. The first-order chi connectivity index (χ1) is 35.0. The molecule has 1 unspecified atom stereocenters. The molecule has 0 spiro atoms. The smallest absolute Gasteiger partial charge is 0.306 e. The number of allylic oxidation sites excluding steroid dienone is 2. The number of unbranched alkanes of at least 4 members (excludes halogenated alkanes) is 47. The molecule has 0 aromatic heterocycles. The van der Waals surface area contributed by atoms with Crippen LogP contribution < -0.4 is 0 Å². The van der Waals surface area contributed by atoms with Crippen LogP contribution in [0.1, 0.15) is 367 Å². The summed E-state index contributed by atoms with van der Waals surface area (Å²) in [5.74, 6) is -0.852. The summed E-state index contributed by atoms with van der Waals surface area (Å²) in [5.41, 5.74) is 0. The normalized spacial score (nSPS) is 12.0. The van der Waals surface area contributed by atoms with Gasteiger partial charge in [-0.3, -0.25) is 14.4 Å². The maximum atomic E-state index is 12.8. The van der Waals surface area contributed by atoms with E-state index in [0.717, 1.165) is 64.2 Å². The molecule has 0 aliphatic heterocycles. The van der Waals surface area contributed by atoms with Gasteiger partial charge in [0.15, 0.2) is 6.10 Å². The predicted octanol–water partition coefficient (Wildman–Crippen LogP) is 21.7. The summed E-state index contributed by atoms with van der Waals surface area (Å²) in [6, 6.07) is 0. The van der Waals surface area contributed by atoms with E-state index in [9.17, 15) is 14.4 Å². The fourth-order valence-corrected chi connectivity index (χ4v) is 9.91. The number of esters is 3. The predicted molar refractivity (Wildman–Crippen MR) is 307 cm³/mol. The lowest BCUT2D eigenvalue weighted by Crippen LogP contribution is -2.30. The molecule has 0 N–H and O–H groups in total. The second-order valence-electron chi connectivity index (χ2n) is 22.0. The molecule has 0 aromatic rings. The number of carbonyl (C=O) groups is 3. The minimum atomic E-state index is -0.769. The molecule has 0 saturated heterocycles. The third-order valence-electron chi connectivity index (χ3n) is 14.8. The van der Waals surface area contributed by atoms with Gasteiger partial charge in [-0.2, -0.15) is 0 Å². The molecule has 71 heavy (non-hydrogen) atoms. The van der Waals surface area contributed by atoms with Crippen molar-refractivity contribution in [1.82, 2.24) is 0 Å². The molecule has 6 heteroatoms. The summed E-state index contributed by atoms with van der Waals surface area (Å²) < 4.78 is 16.9. The van der Waals surface area contributed by atoms with Crippen molar-refractivity contribution < 1.29 is 28.6 Å². The van der Waals surface area contributed by atoms with Crippen LogP contribution in [0, 0.1) is 0 Å². The fourth-order valence-electron chi connectivity index (χ4n) is 9.91. The zero-order valence-electron chi connectivity index (χ0n) is 48.3. The third-order valence-corrected chi connectivity index (χ3v) is 14.8. The van der Waals surface area contributed by atoms with Gasteiger partial charge in [-0.15, -0.1) is 0 Å². The van der Waals surface area contributed by atoms with Crippen LogP contribution in [0.5, 0.6) is 0 Å². The van der Waals surface area contributed by atoms with Gasteiger partial charge in [-0.05, 0) is 44.9 Å². The van der Waals surface area contributed by atoms with Crippen LogP contribution in [0.15, 0.2) is 12.2 Å². The van der Waals surface area contributed by atoms with Crippen molar-refractivity contribution in [2.24, 2.45) is 0 Å². The number of ether oxygens (including phenoxy) is 3. The molecule has 0 bridgehead atoms. The first kappa shape index (κ1) is 69.2. The molecule has 0 amide bonds. The van der Waals surface area contributed by atoms with Crippen molar-refractivity contribution in [3.63, 3.8) is 0 Å². The highest BCUT2D eigenvalue weighted by atomic mass is 16.6. The Kier molecular flexibility index (Phi) is 59.1. The first-order valence-electron chi connectivity index (χ1n) is 32.2. The lowest BCUT2D eigenvalue weighted by Gasteiger charge is -2.18. The molecule has 0 fully saturated rings. The van der Waals surface area contributed by atoms with Gasteiger partial charge in [0, 0.05) is 19.3 Å². The summed E-state index contributed by atoms with van der Waals surface area (Å²) >= 11 is 0. The van der Waals surface area contributed by atoms with E-state index in [-0.39, 0.29) is 31.1 Å². The van der Waals surface area contributed by atoms with Crippen molar-refractivity contribution >= 4 is 17.9 Å². The van der Waals surface area contributed by atoms with E-state index in [1.54, 1.807) is 0 Å². The van der Waals surface area contributed by atoms with Crippen molar-refractivity contribution in [2.45, 2.75) is 374 Å². The van der Waals surface area contributed by atoms with Crippen molar-refractivity contribution in [2.75, 3.05) is 13.2 Å². The number of hydrogen-bond donors (Lipinski definition) is 0. The highest BCUT2D eigenvalue weighted by Crippen LogP contribution is 2.18. The summed E-state index contributed by atoms with van der Waals surface area (Å²) in [4.78, 5) is 38.1. The molecule has 420 valence electrons. The zero-order valence-corrected chi connectivity index (χ0v) is 48.3. The molecule has 6 nitrogen and oxygen atoms in total. The van der Waals surface area contributed by atoms with Crippen molar-refractivity contribution in [1.29, 1.82) is 0 Å². The highest BCUT2D eigenvalue weighted by Gasteiger charge is 2.19. The van der Waals surface area contributed by atoms with E-state index in [1.807, 2.05) is 0 Å². The monoisotopic (exact) mass is 1000 g/mol. The van der Waals surface area contributed by atoms with Gasteiger partial charge in [0.2, 0.25) is 0 Å². The fraction of sp³-hybridized carbons (Fsp3) is 0.923. The van der Waals surface area contributed by atoms with E-state index in [0.29, 0.717) is 19.3 Å². The molecule has 0 aromatic carbocycles. The van der Waals surface area contributed by atoms with Gasteiger partial charge >= 0.3 is 17.9 Å². The summed E-state index contributed by atoms with van der Waals surface area (Å²) in [6.07, 6.45) is 71.0. The maximum absolute atomic E-state index is 12.8. The lowest BCUT2D eigenvalue weighted by molar-refractivity contribution is -0.167. The summed E-state index contributed by atoms with van der Waals surface area (Å²) in [6.45, 7) is 6.68. The largest absolute Gasteiger partial charge is 0.462 e. The minimum absolute atomic E-state index is 0.0674. The highest BCUT2D eigenvalue weighted by molar-refractivity contribution is 5.71. The third kappa shape index (κ3) is 58.9. The Hall–Kier alpha value is -1.85. The molecule has 0 radical (unpaired) electrons. The van der Waals surface area contributed by atoms with Crippen LogP contribution in [0.4, 0.5) is 0 Å². The number of hydrogen-bond acceptors (Lipinski definition) is 6. The first-order valence-corrected chi connectivity index (χ1v) is 32.2. The zero-order chi connectivity index (χ0) is 51.4. The summed E-state index contributed by atoms with van der Waals surface area (Å²) in [5, 5.41) is 0. The maximum Gasteiger partial charge on any atom is 0.306 e. The Morgan fingerprint density at radius 2 is 0.465 bits per heavy atom. The molecule has 0 aliphatic carbocycles. The molecule has 0 aliphatic rings. The van der Waals surface area contributed by atoms with Crippen LogP contribution in [0.25, 0.3) is 0 Å². The van der Waals surface area contributed by atoms with Gasteiger partial charge in [-0.1, -0.05) is 315 Å². The average Bonchev–Trinajstić information content (AvgIpc) is 3.37. The SMILES string of the molecule is CCCCCCCC/C=C\CCCCCCCC(=O)OC(COC(=O)CCCCCCCCCCCC)COC(=O)CCCCCCCCCCCCCCCCCCCCCCCCCCCCCC. The van der Waals surface area contributed by atoms with Crippen molar-refractivity contribution in [3.05, 3.63) is 12.2 Å². The van der Waals surface area contributed by atoms with Gasteiger partial charge in [0.05, 0.1) is 0 Å². The number of carbonyl (C=O) groups excluding carboxylic acids is 3. The van der Waals surface area contributed by atoms with Crippen molar-refractivity contribution in [3.8, 4) is 0 Å². The summed E-state index contributed by atoms with van der Waals surface area (Å²) in [7, 11) is 0. The molecule has 0 heterocycles. The molecule has 0 saturated carbocycles. The average molecular weight is 1000 g/mol. The van der Waals surface area contributed by atoms with E-state index in [4.69, 9.17) is 14.2 Å². The van der Waals surface area contributed by atoms with E-state index >= 15 is 0 Å². The van der Waals surface area contributed by atoms with Gasteiger partial charge in [-0.25, -0.2) is 0 Å². The van der Waals surface area contributed by atoms with Crippen LogP contribution in [0.3, 0.4) is 0 Å². The molecule has 1 atom stereocenters. The Bertz CT molecular complexity index is 1100. The lowest BCUT2D eigenvalue weighted by atomic mass is 10.0. The van der Waals surface area contributed by atoms with E-state index in [1.165, 1.54) is 263 Å². The Morgan fingerprint density at radius 1 is 0.268 bits per heavy atom. The second kappa shape index (κ2) is 60.7. The second-order valence-corrected chi connectivity index (χ2v) is 22.0. The van der Waals surface area contributed by atoms with Gasteiger partial charge in [0.1, 0.15) is 13.2 Å². The van der Waals surface area contributed by atoms with Gasteiger partial charge < -0.3 is 14.2 Å². The topological polar surface area (TPSA) is 78.9 Å².